The largest absolute Gasteiger partial charge is 0.454 e. The van der Waals surface area contributed by atoms with Crippen molar-refractivity contribution < 1.29 is 18.9 Å². The molecule has 2 N–H and O–H groups in total. The smallest absolute Gasteiger partial charge is 0.404 e. The van der Waals surface area contributed by atoms with Crippen LogP contribution in [0.25, 0.3) is 0 Å². The summed E-state index contributed by atoms with van der Waals surface area (Å²) < 4.78 is 8.43. The molecule has 12 nitrogen and oxygen atoms in total. The zero-order chi connectivity index (χ0) is 20.4. The normalized spacial score (nSPS) is 10.7. The molecule has 3 aromatic rings. The third kappa shape index (κ3) is 3.93. The SMILES string of the molecule is CNC(=O)c1nn(C)cc1NC(=O)c1ccc(Cn2cc(Br)c([N+](=O)[O-])n2)o1. The molecule has 0 saturated heterocycles. The molecule has 0 aliphatic heterocycles. The molecule has 13 heteroatoms. The van der Waals surface area contributed by atoms with E-state index in [2.05, 4.69) is 36.8 Å². The molecule has 146 valence electrons. The van der Waals surface area contributed by atoms with Crippen LogP contribution in [0, 0.1) is 10.1 Å². The summed E-state index contributed by atoms with van der Waals surface area (Å²) in [6.07, 6.45) is 2.93. The summed E-state index contributed by atoms with van der Waals surface area (Å²) in [5.74, 6) is -0.961. The van der Waals surface area contributed by atoms with Gasteiger partial charge in [0.15, 0.2) is 11.5 Å². The molecule has 0 spiro atoms. The number of amides is 2. The molecule has 3 rings (SSSR count). The van der Waals surface area contributed by atoms with Crippen LogP contribution in [-0.4, -0.2) is 43.3 Å². The molecule has 0 aromatic carbocycles. The molecular weight excluding hydrogens is 438 g/mol. The monoisotopic (exact) mass is 451 g/mol. The van der Waals surface area contributed by atoms with E-state index in [1.807, 2.05) is 0 Å². The van der Waals surface area contributed by atoms with Gasteiger partial charge in [0.2, 0.25) is 0 Å². The predicted molar refractivity (Wildman–Crippen MR) is 98.9 cm³/mol. The predicted octanol–water partition coefficient (Wildman–Crippen LogP) is 1.54. The van der Waals surface area contributed by atoms with Gasteiger partial charge in [0.1, 0.15) is 16.8 Å². The average Bonchev–Trinajstić information content (AvgIpc) is 3.33. The molecule has 0 unspecified atom stereocenters. The number of carbonyl (C=O) groups excluding carboxylic acids is 2. The summed E-state index contributed by atoms with van der Waals surface area (Å²) in [6.45, 7) is 0.0934. The van der Waals surface area contributed by atoms with Crippen LogP contribution in [0.5, 0.6) is 0 Å². The molecule has 0 bridgehead atoms. The first kappa shape index (κ1) is 19.3. The van der Waals surface area contributed by atoms with Crippen LogP contribution in [-0.2, 0) is 13.6 Å². The zero-order valence-electron chi connectivity index (χ0n) is 14.7. The summed E-state index contributed by atoms with van der Waals surface area (Å²) >= 11 is 3.06. The molecule has 0 fully saturated rings. The van der Waals surface area contributed by atoms with Gasteiger partial charge in [-0.05, 0) is 33.0 Å². The molecule has 0 aliphatic rings. The zero-order valence-corrected chi connectivity index (χ0v) is 16.3. The highest BCUT2D eigenvalue weighted by Gasteiger charge is 2.21. The van der Waals surface area contributed by atoms with Crippen LogP contribution >= 0.6 is 15.9 Å². The lowest BCUT2D eigenvalue weighted by Gasteiger charge is -2.02. The lowest BCUT2D eigenvalue weighted by atomic mass is 10.3. The van der Waals surface area contributed by atoms with E-state index in [9.17, 15) is 19.7 Å². The van der Waals surface area contributed by atoms with Crippen molar-refractivity contribution in [3.63, 3.8) is 0 Å². The Bertz CT molecular complexity index is 1070. The average molecular weight is 452 g/mol. The molecule has 3 aromatic heterocycles. The minimum atomic E-state index is -0.612. The number of nitrogens with zero attached hydrogens (tertiary/aromatic N) is 5. The molecule has 28 heavy (non-hydrogen) atoms. The summed E-state index contributed by atoms with van der Waals surface area (Å²) in [7, 11) is 3.08. The van der Waals surface area contributed by atoms with Gasteiger partial charge in [0.25, 0.3) is 11.8 Å². The van der Waals surface area contributed by atoms with E-state index in [0.29, 0.717) is 5.76 Å². The van der Waals surface area contributed by atoms with E-state index < -0.39 is 16.7 Å². The number of aryl methyl sites for hydroxylation is 1. The maximum absolute atomic E-state index is 12.4. The lowest BCUT2D eigenvalue weighted by Crippen LogP contribution is -2.21. The highest BCUT2D eigenvalue weighted by atomic mass is 79.9. The maximum Gasteiger partial charge on any atom is 0.404 e. The van der Waals surface area contributed by atoms with E-state index in [0.717, 1.165) is 0 Å². The summed E-state index contributed by atoms with van der Waals surface area (Å²) in [5, 5.41) is 23.7. The topological polar surface area (TPSA) is 150 Å². The van der Waals surface area contributed by atoms with E-state index in [-0.39, 0.29) is 34.0 Å². The van der Waals surface area contributed by atoms with Gasteiger partial charge in [0.05, 0.1) is 17.0 Å². The standard InChI is InChI=1S/C15H14BrN7O5/c1-17-15(25)12-10(7-21(2)19-12)18-14(24)11-4-3-8(28-11)5-22-6-9(16)13(20-22)23(26)27/h3-4,6-7H,5H2,1-2H3,(H,17,25)(H,18,24). The Morgan fingerprint density at radius 2 is 2.04 bits per heavy atom. The Morgan fingerprint density at radius 1 is 1.29 bits per heavy atom. The maximum atomic E-state index is 12.4. The Labute approximate surface area is 165 Å². The van der Waals surface area contributed by atoms with Gasteiger partial charge in [-0.25, -0.2) is 0 Å². The molecule has 0 radical (unpaired) electrons. The van der Waals surface area contributed by atoms with Gasteiger partial charge in [-0.3, -0.25) is 14.3 Å². The fourth-order valence-electron chi connectivity index (χ4n) is 2.39. The van der Waals surface area contributed by atoms with Crippen molar-refractivity contribution in [2.24, 2.45) is 7.05 Å². The van der Waals surface area contributed by atoms with Crippen molar-refractivity contribution in [3.05, 3.63) is 56.3 Å². The van der Waals surface area contributed by atoms with Gasteiger partial charge in [-0.15, -0.1) is 0 Å². The van der Waals surface area contributed by atoms with Crippen LogP contribution in [0.4, 0.5) is 11.5 Å². The summed E-state index contributed by atoms with van der Waals surface area (Å²) in [4.78, 5) is 34.5. The van der Waals surface area contributed by atoms with E-state index >= 15 is 0 Å². The minimum absolute atomic E-state index is 0.00225. The third-order valence-corrected chi connectivity index (χ3v) is 4.15. The number of nitrogens with one attached hydrogen (secondary N) is 2. The number of rotatable bonds is 6. The first-order chi connectivity index (χ1) is 13.3. The number of nitro groups is 1. The second-order valence-electron chi connectivity index (χ2n) is 5.62. The van der Waals surface area contributed by atoms with Crippen molar-refractivity contribution in [3.8, 4) is 0 Å². The van der Waals surface area contributed by atoms with Crippen LogP contribution in [0.1, 0.15) is 26.8 Å². The van der Waals surface area contributed by atoms with Crippen molar-refractivity contribution in [2.45, 2.75) is 6.54 Å². The van der Waals surface area contributed by atoms with Gasteiger partial charge < -0.3 is 25.2 Å². The van der Waals surface area contributed by atoms with Crippen molar-refractivity contribution in [2.75, 3.05) is 12.4 Å². The molecular formula is C15H14BrN7O5. The van der Waals surface area contributed by atoms with Crippen molar-refractivity contribution >= 4 is 39.2 Å². The number of halogens is 1. The fraction of sp³-hybridized carbons (Fsp3) is 0.200. The first-order valence-electron chi connectivity index (χ1n) is 7.81. The second kappa shape index (κ2) is 7.64. The number of carbonyl (C=O) groups is 2. The second-order valence-corrected chi connectivity index (χ2v) is 6.47. The quantitative estimate of drug-likeness (QED) is 0.425. The number of hydrogen-bond donors (Lipinski definition) is 2. The van der Waals surface area contributed by atoms with Crippen LogP contribution in [0.15, 0.2) is 33.4 Å². The van der Waals surface area contributed by atoms with Gasteiger partial charge in [-0.2, -0.15) is 9.78 Å². The minimum Gasteiger partial charge on any atom is -0.454 e. The Morgan fingerprint density at radius 3 is 2.68 bits per heavy atom. The Hall–Kier alpha value is -3.48. The summed E-state index contributed by atoms with van der Waals surface area (Å²) in [5.41, 5.74) is 0.301. The molecule has 0 saturated carbocycles. The Balaban J connectivity index is 1.74. The fourth-order valence-corrected chi connectivity index (χ4v) is 2.85. The number of hydrogen-bond acceptors (Lipinski definition) is 7. The number of furan rings is 1. The summed E-state index contributed by atoms with van der Waals surface area (Å²) in [6, 6.07) is 3.01. The Kier molecular flexibility index (Phi) is 5.26. The van der Waals surface area contributed by atoms with Crippen LogP contribution in [0.2, 0.25) is 0 Å². The van der Waals surface area contributed by atoms with Gasteiger partial charge in [0, 0.05) is 20.3 Å². The first-order valence-corrected chi connectivity index (χ1v) is 8.61. The van der Waals surface area contributed by atoms with Crippen molar-refractivity contribution in [1.82, 2.24) is 24.9 Å². The molecule has 2 amide bonds. The van der Waals surface area contributed by atoms with Gasteiger partial charge in [-0.1, -0.05) is 0 Å². The van der Waals surface area contributed by atoms with E-state index in [1.165, 1.54) is 34.9 Å². The number of aromatic nitrogens is 4. The van der Waals surface area contributed by atoms with E-state index in [1.54, 1.807) is 13.1 Å². The van der Waals surface area contributed by atoms with Crippen molar-refractivity contribution in [1.29, 1.82) is 0 Å². The van der Waals surface area contributed by atoms with Crippen LogP contribution < -0.4 is 10.6 Å². The molecule has 0 aliphatic carbocycles. The van der Waals surface area contributed by atoms with Crippen LogP contribution in [0.3, 0.4) is 0 Å². The molecule has 3 heterocycles. The molecule has 0 atom stereocenters. The number of anilines is 1. The third-order valence-electron chi connectivity index (χ3n) is 3.59. The highest BCUT2D eigenvalue weighted by Crippen LogP contribution is 2.23. The highest BCUT2D eigenvalue weighted by molar-refractivity contribution is 9.10. The van der Waals surface area contributed by atoms with E-state index in [4.69, 9.17) is 4.42 Å². The lowest BCUT2D eigenvalue weighted by molar-refractivity contribution is -0.390. The van der Waals surface area contributed by atoms with Gasteiger partial charge >= 0.3 is 5.82 Å².